The Morgan fingerprint density at radius 2 is 1.80 bits per heavy atom. The fourth-order valence-electron chi connectivity index (χ4n) is 1.31. The number of H-pyrrole nitrogens is 1. The first kappa shape index (κ1) is 9.58. The molecule has 0 atom stereocenters. The first-order chi connectivity index (χ1) is 7.16. The van der Waals surface area contributed by atoms with Gasteiger partial charge in [0.05, 0.1) is 5.69 Å². The van der Waals surface area contributed by atoms with Crippen LogP contribution in [0.5, 0.6) is 0 Å². The third-order valence-corrected chi connectivity index (χ3v) is 1.97. The van der Waals surface area contributed by atoms with E-state index in [-0.39, 0.29) is 5.56 Å². The van der Waals surface area contributed by atoms with Crippen LogP contribution >= 0.6 is 0 Å². The minimum Gasteiger partial charge on any atom is -0.359 e. The van der Waals surface area contributed by atoms with Gasteiger partial charge in [-0.2, -0.15) is 0 Å². The zero-order valence-corrected chi connectivity index (χ0v) is 7.63. The van der Waals surface area contributed by atoms with Gasteiger partial charge in [-0.05, 0) is 24.3 Å². The number of carbonyl (C=O) groups is 1. The molecule has 76 valence electrons. The van der Waals surface area contributed by atoms with Gasteiger partial charge in [-0.25, -0.2) is 8.78 Å². The summed E-state index contributed by atoms with van der Waals surface area (Å²) in [7, 11) is 0. The van der Waals surface area contributed by atoms with E-state index in [0.29, 0.717) is 5.69 Å². The average Bonchev–Trinajstić information content (AvgIpc) is 2.67. The smallest absolute Gasteiger partial charge is 0.209 e. The first-order valence-corrected chi connectivity index (χ1v) is 4.31. The highest BCUT2D eigenvalue weighted by atomic mass is 19.1. The highest BCUT2D eigenvalue weighted by Gasteiger charge is 2.11. The number of aromatic nitrogens is 1. The molecule has 0 fully saturated rings. The van der Waals surface area contributed by atoms with Crippen LogP contribution in [0, 0.1) is 11.6 Å². The average molecular weight is 207 g/mol. The minimum absolute atomic E-state index is 0.00468. The molecule has 2 rings (SSSR count). The minimum atomic E-state index is -0.759. The number of hydrogen-bond donors (Lipinski definition) is 1. The zero-order chi connectivity index (χ0) is 10.8. The number of carbonyl (C=O) groups excluding carboxylic acids is 1. The maximum atomic E-state index is 12.8. The Hall–Kier alpha value is -1.97. The fraction of sp³-hybridized carbons (Fsp3) is 0. The lowest BCUT2D eigenvalue weighted by molar-refractivity contribution is 0.103. The quantitative estimate of drug-likeness (QED) is 0.754. The Bertz CT molecular complexity index is 471. The lowest BCUT2D eigenvalue weighted by Gasteiger charge is -1.99. The number of ketones is 1. The Morgan fingerprint density at radius 1 is 1.13 bits per heavy atom. The van der Waals surface area contributed by atoms with Gasteiger partial charge in [-0.3, -0.25) is 4.79 Å². The molecule has 1 heterocycles. The van der Waals surface area contributed by atoms with Gasteiger partial charge in [0.25, 0.3) is 0 Å². The second kappa shape index (κ2) is 3.65. The van der Waals surface area contributed by atoms with Gasteiger partial charge in [0.2, 0.25) is 5.78 Å². The van der Waals surface area contributed by atoms with E-state index in [1.807, 2.05) is 0 Å². The van der Waals surface area contributed by atoms with Crippen molar-refractivity contribution in [3.8, 4) is 0 Å². The second-order valence-electron chi connectivity index (χ2n) is 3.07. The van der Waals surface area contributed by atoms with Crippen molar-refractivity contribution in [1.29, 1.82) is 0 Å². The molecule has 0 bridgehead atoms. The number of aromatic amines is 1. The number of nitrogens with one attached hydrogen (secondary N) is 1. The van der Waals surface area contributed by atoms with Crippen molar-refractivity contribution in [2.45, 2.75) is 0 Å². The topological polar surface area (TPSA) is 32.9 Å². The Kier molecular flexibility index (Phi) is 2.33. The van der Waals surface area contributed by atoms with Crippen LogP contribution in [0.4, 0.5) is 8.78 Å². The number of halogens is 2. The number of hydrogen-bond acceptors (Lipinski definition) is 1. The van der Waals surface area contributed by atoms with Crippen LogP contribution in [0.1, 0.15) is 16.1 Å². The molecule has 0 spiro atoms. The molecular formula is C11H7F2NO. The molecule has 0 unspecified atom stereocenters. The summed E-state index contributed by atoms with van der Waals surface area (Å²) in [6.45, 7) is 0. The van der Waals surface area contributed by atoms with E-state index in [2.05, 4.69) is 4.98 Å². The maximum absolute atomic E-state index is 12.8. The summed E-state index contributed by atoms with van der Waals surface area (Å²) in [5, 5.41) is 0. The summed E-state index contributed by atoms with van der Waals surface area (Å²) >= 11 is 0. The molecule has 15 heavy (non-hydrogen) atoms. The zero-order valence-electron chi connectivity index (χ0n) is 7.63. The summed E-state index contributed by atoms with van der Waals surface area (Å²) < 4.78 is 25.7. The van der Waals surface area contributed by atoms with E-state index >= 15 is 0 Å². The van der Waals surface area contributed by atoms with Crippen molar-refractivity contribution in [3.63, 3.8) is 0 Å². The molecule has 1 aromatic heterocycles. The van der Waals surface area contributed by atoms with Crippen LogP contribution in [0.15, 0.2) is 36.5 Å². The second-order valence-corrected chi connectivity index (χ2v) is 3.07. The predicted octanol–water partition coefficient (Wildman–Crippen LogP) is 2.52. The molecule has 2 nitrogen and oxygen atoms in total. The van der Waals surface area contributed by atoms with Crippen molar-refractivity contribution in [2.24, 2.45) is 0 Å². The normalized spacial score (nSPS) is 10.3. The van der Waals surface area contributed by atoms with Gasteiger partial charge in [0.1, 0.15) is 11.6 Å². The van der Waals surface area contributed by atoms with Crippen molar-refractivity contribution >= 4 is 5.78 Å². The SMILES string of the molecule is O=C(c1cc(F)cc(F)c1)c1ccc[nH]1. The molecular weight excluding hydrogens is 200 g/mol. The van der Waals surface area contributed by atoms with E-state index in [1.54, 1.807) is 18.3 Å². The van der Waals surface area contributed by atoms with Gasteiger partial charge < -0.3 is 4.98 Å². The third-order valence-electron chi connectivity index (χ3n) is 1.97. The summed E-state index contributed by atoms with van der Waals surface area (Å²) in [5.41, 5.74) is 0.301. The largest absolute Gasteiger partial charge is 0.359 e. The summed E-state index contributed by atoms with van der Waals surface area (Å²) in [5.74, 6) is -1.95. The molecule has 1 N–H and O–H groups in total. The molecule has 0 aliphatic carbocycles. The van der Waals surface area contributed by atoms with Crippen LogP contribution in [0.25, 0.3) is 0 Å². The van der Waals surface area contributed by atoms with E-state index in [9.17, 15) is 13.6 Å². The van der Waals surface area contributed by atoms with E-state index in [4.69, 9.17) is 0 Å². The van der Waals surface area contributed by atoms with Crippen LogP contribution in [-0.2, 0) is 0 Å². The maximum Gasteiger partial charge on any atom is 0.209 e. The molecule has 1 aromatic carbocycles. The van der Waals surface area contributed by atoms with Gasteiger partial charge >= 0.3 is 0 Å². The molecule has 0 aliphatic heterocycles. The summed E-state index contributed by atoms with van der Waals surface area (Å²) in [4.78, 5) is 14.3. The van der Waals surface area contributed by atoms with Crippen LogP contribution in [0.2, 0.25) is 0 Å². The lowest BCUT2D eigenvalue weighted by atomic mass is 10.1. The highest BCUT2D eigenvalue weighted by Crippen LogP contribution is 2.12. The van der Waals surface area contributed by atoms with Crippen molar-refractivity contribution in [1.82, 2.24) is 4.98 Å². The molecule has 0 radical (unpaired) electrons. The Balaban J connectivity index is 2.42. The Labute approximate surface area is 84.6 Å². The van der Waals surface area contributed by atoms with E-state index in [1.165, 1.54) is 0 Å². The Morgan fingerprint density at radius 3 is 2.33 bits per heavy atom. The summed E-state index contributed by atoms with van der Waals surface area (Å²) in [6, 6.07) is 5.93. The molecule has 0 saturated carbocycles. The highest BCUT2D eigenvalue weighted by molar-refractivity contribution is 6.07. The number of rotatable bonds is 2. The monoisotopic (exact) mass is 207 g/mol. The van der Waals surface area contributed by atoms with Crippen molar-refractivity contribution < 1.29 is 13.6 Å². The standard InChI is InChI=1S/C11H7F2NO/c12-8-4-7(5-9(13)6-8)11(15)10-2-1-3-14-10/h1-6,14H. The number of benzene rings is 1. The molecule has 2 aromatic rings. The molecule has 4 heteroatoms. The van der Waals surface area contributed by atoms with Crippen molar-refractivity contribution in [2.75, 3.05) is 0 Å². The predicted molar refractivity (Wildman–Crippen MR) is 50.6 cm³/mol. The summed E-state index contributed by atoms with van der Waals surface area (Å²) in [6.07, 6.45) is 1.57. The van der Waals surface area contributed by atoms with E-state index in [0.717, 1.165) is 18.2 Å². The van der Waals surface area contributed by atoms with Crippen molar-refractivity contribution in [3.05, 3.63) is 59.4 Å². The fourth-order valence-corrected chi connectivity index (χ4v) is 1.31. The van der Waals surface area contributed by atoms with E-state index < -0.39 is 17.4 Å². The first-order valence-electron chi connectivity index (χ1n) is 4.31. The third kappa shape index (κ3) is 1.93. The van der Waals surface area contributed by atoms with Crippen LogP contribution in [0.3, 0.4) is 0 Å². The molecule has 0 saturated heterocycles. The van der Waals surface area contributed by atoms with Gasteiger partial charge in [0, 0.05) is 17.8 Å². The van der Waals surface area contributed by atoms with Crippen LogP contribution < -0.4 is 0 Å². The lowest BCUT2D eigenvalue weighted by Crippen LogP contribution is -2.02. The molecule has 0 amide bonds. The van der Waals surface area contributed by atoms with Crippen LogP contribution in [-0.4, -0.2) is 10.8 Å². The molecule has 0 aliphatic rings. The van der Waals surface area contributed by atoms with Gasteiger partial charge in [-0.15, -0.1) is 0 Å². The van der Waals surface area contributed by atoms with Gasteiger partial charge in [0.15, 0.2) is 0 Å². The van der Waals surface area contributed by atoms with Gasteiger partial charge in [-0.1, -0.05) is 0 Å².